The van der Waals surface area contributed by atoms with Crippen LogP contribution in [0.3, 0.4) is 0 Å². The van der Waals surface area contributed by atoms with Gasteiger partial charge in [0.25, 0.3) is 0 Å². The topological polar surface area (TPSA) is 70.0 Å². The average molecular weight is 277 g/mol. The lowest BCUT2D eigenvalue weighted by atomic mass is 10.2. The summed E-state index contributed by atoms with van der Waals surface area (Å²) < 4.78 is 0. The van der Waals surface area contributed by atoms with Gasteiger partial charge in [-0.1, -0.05) is 17.7 Å². The molecule has 0 aliphatic rings. The predicted molar refractivity (Wildman–Crippen MR) is 72.8 cm³/mol. The molecule has 1 N–H and O–H groups in total. The highest BCUT2D eigenvalue weighted by Crippen LogP contribution is 2.27. The summed E-state index contributed by atoms with van der Waals surface area (Å²) in [5.74, 6) is -1.03. The third-order valence-corrected chi connectivity index (χ3v) is 2.73. The molecule has 0 heterocycles. The van der Waals surface area contributed by atoms with Crippen molar-refractivity contribution >= 4 is 28.9 Å². The van der Waals surface area contributed by atoms with Gasteiger partial charge < -0.3 is 5.11 Å². The van der Waals surface area contributed by atoms with Gasteiger partial charge in [0.1, 0.15) is 0 Å². The van der Waals surface area contributed by atoms with Gasteiger partial charge in [-0.05, 0) is 42.5 Å². The van der Waals surface area contributed by atoms with E-state index >= 15 is 0 Å². The van der Waals surface area contributed by atoms with Gasteiger partial charge in [0.15, 0.2) is 0 Å². The standard InChI is InChI=1S/C13H9ClN2O3/c14-10-2-1-3-12(8-10)16(15-19)11-6-4-9(5-7-11)13(17)18/h1-8H,(H,17,18). The number of anilines is 2. The molecule has 96 valence electrons. The molecular weight excluding hydrogens is 268 g/mol. The molecule has 0 spiro atoms. The number of nitrogens with zero attached hydrogens (tertiary/aromatic N) is 2. The Morgan fingerprint density at radius 2 is 1.79 bits per heavy atom. The molecule has 2 rings (SSSR count). The summed E-state index contributed by atoms with van der Waals surface area (Å²) in [6.45, 7) is 0. The Kier molecular flexibility index (Phi) is 3.77. The van der Waals surface area contributed by atoms with E-state index in [1.54, 1.807) is 24.3 Å². The van der Waals surface area contributed by atoms with Gasteiger partial charge in [-0.2, -0.15) is 5.01 Å². The number of hydrogen-bond acceptors (Lipinski definition) is 3. The van der Waals surface area contributed by atoms with Crippen molar-refractivity contribution in [3.8, 4) is 0 Å². The molecule has 0 fully saturated rings. The minimum atomic E-state index is -1.03. The number of hydrogen-bond donors (Lipinski definition) is 1. The van der Waals surface area contributed by atoms with Crippen LogP contribution in [0.2, 0.25) is 5.02 Å². The van der Waals surface area contributed by atoms with Gasteiger partial charge in [-0.3, -0.25) is 0 Å². The summed E-state index contributed by atoms with van der Waals surface area (Å²) in [4.78, 5) is 21.7. The summed E-state index contributed by atoms with van der Waals surface area (Å²) in [6.07, 6.45) is 0. The minimum absolute atomic E-state index is 0.140. The largest absolute Gasteiger partial charge is 0.478 e. The van der Waals surface area contributed by atoms with Crippen molar-refractivity contribution in [3.05, 3.63) is 64.0 Å². The summed E-state index contributed by atoms with van der Waals surface area (Å²) in [7, 11) is 0. The van der Waals surface area contributed by atoms with E-state index in [4.69, 9.17) is 16.7 Å². The summed E-state index contributed by atoms with van der Waals surface area (Å²) in [5, 5.41) is 13.3. The normalized spacial score (nSPS) is 9.95. The number of rotatable bonds is 4. The van der Waals surface area contributed by atoms with Crippen molar-refractivity contribution in [2.24, 2.45) is 5.29 Å². The first-order chi connectivity index (χ1) is 9.11. The van der Waals surface area contributed by atoms with Gasteiger partial charge in [-0.15, -0.1) is 4.91 Å². The van der Waals surface area contributed by atoms with Crippen LogP contribution in [-0.2, 0) is 0 Å². The molecule has 0 radical (unpaired) electrons. The fourth-order valence-corrected chi connectivity index (χ4v) is 1.78. The van der Waals surface area contributed by atoms with Crippen molar-refractivity contribution in [2.45, 2.75) is 0 Å². The van der Waals surface area contributed by atoms with Gasteiger partial charge in [0, 0.05) is 5.02 Å². The van der Waals surface area contributed by atoms with E-state index in [2.05, 4.69) is 5.29 Å². The van der Waals surface area contributed by atoms with Crippen molar-refractivity contribution in [1.82, 2.24) is 0 Å². The van der Waals surface area contributed by atoms with Crippen LogP contribution in [0.1, 0.15) is 10.4 Å². The highest BCUT2D eigenvalue weighted by atomic mass is 35.5. The molecule has 0 amide bonds. The van der Waals surface area contributed by atoms with E-state index in [0.29, 0.717) is 16.4 Å². The van der Waals surface area contributed by atoms with Crippen molar-refractivity contribution in [3.63, 3.8) is 0 Å². The SMILES string of the molecule is O=NN(c1ccc(C(=O)O)cc1)c1cccc(Cl)c1. The molecule has 0 bridgehead atoms. The number of carbonyl (C=O) groups is 1. The Bertz CT molecular complexity index is 614. The second-order valence-electron chi connectivity index (χ2n) is 3.73. The number of carboxylic acids is 1. The van der Waals surface area contributed by atoms with E-state index in [-0.39, 0.29) is 5.56 Å². The molecular formula is C13H9ClN2O3. The van der Waals surface area contributed by atoms with Crippen LogP contribution in [0.25, 0.3) is 0 Å². The molecule has 0 aliphatic carbocycles. The average Bonchev–Trinajstić information content (AvgIpc) is 2.40. The van der Waals surface area contributed by atoms with Crippen LogP contribution in [0.4, 0.5) is 11.4 Å². The summed E-state index contributed by atoms with van der Waals surface area (Å²) in [6, 6.07) is 12.5. The lowest BCUT2D eigenvalue weighted by Gasteiger charge is -2.15. The Morgan fingerprint density at radius 3 is 2.32 bits per heavy atom. The van der Waals surface area contributed by atoms with Gasteiger partial charge in [0.05, 0.1) is 22.2 Å². The first kappa shape index (κ1) is 13.0. The maximum Gasteiger partial charge on any atom is 0.335 e. The Morgan fingerprint density at radius 1 is 1.11 bits per heavy atom. The van der Waals surface area contributed by atoms with E-state index in [0.717, 1.165) is 5.01 Å². The van der Waals surface area contributed by atoms with Crippen molar-refractivity contribution in [1.29, 1.82) is 0 Å². The van der Waals surface area contributed by atoms with Crippen LogP contribution in [0, 0.1) is 4.91 Å². The van der Waals surface area contributed by atoms with Gasteiger partial charge in [-0.25, -0.2) is 4.79 Å². The number of benzene rings is 2. The molecule has 19 heavy (non-hydrogen) atoms. The molecule has 5 nitrogen and oxygen atoms in total. The zero-order chi connectivity index (χ0) is 13.8. The van der Waals surface area contributed by atoms with Gasteiger partial charge in [0.2, 0.25) is 0 Å². The third-order valence-electron chi connectivity index (χ3n) is 2.49. The zero-order valence-corrected chi connectivity index (χ0v) is 10.4. The molecule has 0 aromatic heterocycles. The Labute approximate surface area is 114 Å². The lowest BCUT2D eigenvalue weighted by Crippen LogP contribution is -2.07. The molecule has 2 aromatic carbocycles. The van der Waals surface area contributed by atoms with Crippen LogP contribution < -0.4 is 5.01 Å². The van der Waals surface area contributed by atoms with Crippen LogP contribution in [0.15, 0.2) is 53.8 Å². The first-order valence-electron chi connectivity index (χ1n) is 5.34. The molecule has 0 saturated heterocycles. The molecule has 0 unspecified atom stereocenters. The molecule has 0 atom stereocenters. The highest BCUT2D eigenvalue weighted by Gasteiger charge is 2.11. The van der Waals surface area contributed by atoms with Crippen molar-refractivity contribution < 1.29 is 9.90 Å². The number of nitroso groups, excluding NO2 is 1. The fourth-order valence-electron chi connectivity index (χ4n) is 1.60. The monoisotopic (exact) mass is 276 g/mol. The second-order valence-corrected chi connectivity index (χ2v) is 4.16. The fraction of sp³-hybridized carbons (Fsp3) is 0. The maximum absolute atomic E-state index is 11.0. The Balaban J connectivity index is 2.37. The van der Waals surface area contributed by atoms with Crippen LogP contribution in [-0.4, -0.2) is 11.1 Å². The Hall–Kier alpha value is -2.40. The molecule has 6 heteroatoms. The molecule has 0 saturated carbocycles. The highest BCUT2D eigenvalue weighted by molar-refractivity contribution is 6.30. The van der Waals surface area contributed by atoms with Crippen LogP contribution >= 0.6 is 11.6 Å². The van der Waals surface area contributed by atoms with E-state index in [1.807, 2.05) is 0 Å². The van der Waals surface area contributed by atoms with E-state index in [9.17, 15) is 9.70 Å². The van der Waals surface area contributed by atoms with E-state index < -0.39 is 5.97 Å². The van der Waals surface area contributed by atoms with E-state index in [1.165, 1.54) is 24.3 Å². The second kappa shape index (κ2) is 5.49. The third kappa shape index (κ3) is 2.89. The molecule has 0 aliphatic heterocycles. The minimum Gasteiger partial charge on any atom is -0.478 e. The summed E-state index contributed by atoms with van der Waals surface area (Å²) >= 11 is 5.85. The van der Waals surface area contributed by atoms with Gasteiger partial charge >= 0.3 is 5.97 Å². The number of carboxylic acid groups (broad SMARTS) is 1. The van der Waals surface area contributed by atoms with Crippen LogP contribution in [0.5, 0.6) is 0 Å². The first-order valence-corrected chi connectivity index (χ1v) is 5.72. The smallest absolute Gasteiger partial charge is 0.335 e. The maximum atomic E-state index is 11.0. The quantitative estimate of drug-likeness (QED) is 0.680. The zero-order valence-electron chi connectivity index (χ0n) is 9.65. The predicted octanol–water partition coefficient (Wildman–Crippen LogP) is 3.86. The summed E-state index contributed by atoms with van der Waals surface area (Å²) in [5.41, 5.74) is 1.11. The number of aromatic carboxylic acids is 1. The lowest BCUT2D eigenvalue weighted by molar-refractivity contribution is 0.0697. The van der Waals surface area contributed by atoms with Crippen molar-refractivity contribution in [2.75, 3.05) is 5.01 Å². The number of halogens is 1. The molecule has 2 aromatic rings.